The molecule has 0 saturated heterocycles. The minimum absolute atomic E-state index is 0.193. The minimum Gasteiger partial charge on any atom is -0.464 e. The van der Waals surface area contributed by atoms with E-state index in [0.717, 1.165) is 5.56 Å². The van der Waals surface area contributed by atoms with Gasteiger partial charge in [-0.3, -0.25) is 5.41 Å². The van der Waals surface area contributed by atoms with Gasteiger partial charge in [-0.1, -0.05) is 18.2 Å². The molecule has 0 aliphatic rings. The lowest BCUT2D eigenvalue weighted by Crippen LogP contribution is -2.18. The standard InChI is InChI=1S/C11H13NO3/c1-7-4-3-5-8(9(7)6-13)10(12)11(14)15-2/h3-5,12-13H,6H2,1-2H3. The number of methoxy groups -OCH3 is 1. The molecule has 0 unspecified atom stereocenters. The second-order valence-corrected chi connectivity index (χ2v) is 3.13. The molecule has 0 atom stereocenters. The zero-order valence-corrected chi connectivity index (χ0v) is 8.70. The molecule has 4 nitrogen and oxygen atoms in total. The zero-order chi connectivity index (χ0) is 11.4. The molecule has 0 amide bonds. The van der Waals surface area contributed by atoms with Crippen LogP contribution in [0.4, 0.5) is 0 Å². The number of nitrogens with one attached hydrogen (secondary N) is 1. The first-order valence-electron chi connectivity index (χ1n) is 4.48. The second-order valence-electron chi connectivity index (χ2n) is 3.13. The van der Waals surface area contributed by atoms with E-state index in [1.807, 2.05) is 13.0 Å². The van der Waals surface area contributed by atoms with Crippen molar-refractivity contribution in [1.29, 1.82) is 5.41 Å². The van der Waals surface area contributed by atoms with Crippen LogP contribution in [-0.2, 0) is 16.1 Å². The molecule has 4 heteroatoms. The molecule has 2 N–H and O–H groups in total. The van der Waals surface area contributed by atoms with E-state index in [1.165, 1.54) is 7.11 Å². The van der Waals surface area contributed by atoms with Crippen LogP contribution in [0.1, 0.15) is 16.7 Å². The number of aliphatic hydroxyl groups is 1. The minimum atomic E-state index is -0.699. The van der Waals surface area contributed by atoms with Gasteiger partial charge in [-0.2, -0.15) is 0 Å². The van der Waals surface area contributed by atoms with Gasteiger partial charge in [0.25, 0.3) is 0 Å². The van der Waals surface area contributed by atoms with E-state index in [4.69, 9.17) is 10.5 Å². The zero-order valence-electron chi connectivity index (χ0n) is 8.70. The number of carbonyl (C=O) groups excluding carboxylic acids is 1. The molecule has 0 aliphatic carbocycles. The van der Waals surface area contributed by atoms with Crippen molar-refractivity contribution in [3.05, 3.63) is 34.9 Å². The molecule has 1 aromatic carbocycles. The summed E-state index contributed by atoms with van der Waals surface area (Å²) >= 11 is 0. The van der Waals surface area contributed by atoms with Crippen LogP contribution in [0.5, 0.6) is 0 Å². The van der Waals surface area contributed by atoms with Gasteiger partial charge in [-0.05, 0) is 18.1 Å². The third-order valence-corrected chi connectivity index (χ3v) is 2.23. The Labute approximate surface area is 88.0 Å². The van der Waals surface area contributed by atoms with E-state index < -0.39 is 5.97 Å². The van der Waals surface area contributed by atoms with Crippen LogP contribution in [0.15, 0.2) is 18.2 Å². The second kappa shape index (κ2) is 4.70. The molecule has 0 saturated carbocycles. The van der Waals surface area contributed by atoms with Gasteiger partial charge >= 0.3 is 5.97 Å². The Morgan fingerprint density at radius 3 is 2.73 bits per heavy atom. The van der Waals surface area contributed by atoms with Crippen molar-refractivity contribution in [3.8, 4) is 0 Å². The van der Waals surface area contributed by atoms with Gasteiger partial charge in [0.2, 0.25) is 0 Å². The predicted octanol–water partition coefficient (Wildman–Crippen LogP) is 1.03. The summed E-state index contributed by atoms with van der Waals surface area (Å²) < 4.78 is 4.46. The molecule has 15 heavy (non-hydrogen) atoms. The predicted molar refractivity (Wildman–Crippen MR) is 55.9 cm³/mol. The van der Waals surface area contributed by atoms with Gasteiger partial charge in [0.15, 0.2) is 0 Å². The van der Waals surface area contributed by atoms with E-state index in [2.05, 4.69) is 4.74 Å². The van der Waals surface area contributed by atoms with E-state index >= 15 is 0 Å². The molecule has 0 bridgehead atoms. The Balaban J connectivity index is 3.19. The first-order valence-corrected chi connectivity index (χ1v) is 4.48. The number of rotatable bonds is 3. The maximum Gasteiger partial charge on any atom is 0.356 e. The van der Waals surface area contributed by atoms with Gasteiger partial charge in [0, 0.05) is 5.56 Å². The number of esters is 1. The summed E-state index contributed by atoms with van der Waals surface area (Å²) in [6, 6.07) is 5.18. The Morgan fingerprint density at radius 1 is 1.53 bits per heavy atom. The number of carbonyl (C=O) groups is 1. The van der Waals surface area contributed by atoms with Crippen LogP contribution in [0.2, 0.25) is 0 Å². The fourth-order valence-electron chi connectivity index (χ4n) is 1.36. The monoisotopic (exact) mass is 207 g/mol. The van der Waals surface area contributed by atoms with Gasteiger partial charge < -0.3 is 9.84 Å². The van der Waals surface area contributed by atoms with Crippen molar-refractivity contribution < 1.29 is 14.6 Å². The molecule has 80 valence electrons. The molecule has 0 aliphatic heterocycles. The van der Waals surface area contributed by atoms with Crippen LogP contribution in [0.25, 0.3) is 0 Å². The average Bonchev–Trinajstić information content (AvgIpc) is 2.26. The van der Waals surface area contributed by atoms with Crippen molar-refractivity contribution >= 4 is 11.7 Å². The van der Waals surface area contributed by atoms with Gasteiger partial charge in [0.1, 0.15) is 5.71 Å². The summed E-state index contributed by atoms with van der Waals surface area (Å²) in [5, 5.41) is 16.7. The van der Waals surface area contributed by atoms with Crippen LogP contribution in [-0.4, -0.2) is 23.9 Å². The highest BCUT2D eigenvalue weighted by Crippen LogP contribution is 2.15. The van der Waals surface area contributed by atoms with Gasteiger partial charge in [0.05, 0.1) is 13.7 Å². The lowest BCUT2D eigenvalue weighted by Gasteiger charge is -2.09. The quantitative estimate of drug-likeness (QED) is 0.574. The molecular weight excluding hydrogens is 194 g/mol. The molecule has 0 radical (unpaired) electrons. The molecule has 0 spiro atoms. The molecule has 0 aromatic heterocycles. The Bertz CT molecular complexity index is 399. The highest BCUT2D eigenvalue weighted by molar-refractivity contribution is 6.42. The lowest BCUT2D eigenvalue weighted by atomic mass is 9.99. The van der Waals surface area contributed by atoms with E-state index in [1.54, 1.807) is 12.1 Å². The number of benzene rings is 1. The normalized spacial score (nSPS) is 9.80. The summed E-state index contributed by atoms with van der Waals surface area (Å²) in [5.74, 6) is -0.699. The third kappa shape index (κ3) is 2.22. The van der Waals surface area contributed by atoms with Crippen LogP contribution in [0, 0.1) is 12.3 Å². The Morgan fingerprint density at radius 2 is 2.20 bits per heavy atom. The van der Waals surface area contributed by atoms with Crippen molar-refractivity contribution in [2.24, 2.45) is 0 Å². The number of aliphatic hydroxyl groups excluding tert-OH is 1. The van der Waals surface area contributed by atoms with Crippen LogP contribution < -0.4 is 0 Å². The maximum absolute atomic E-state index is 11.2. The number of ether oxygens (including phenoxy) is 1. The van der Waals surface area contributed by atoms with Crippen molar-refractivity contribution in [2.45, 2.75) is 13.5 Å². The van der Waals surface area contributed by atoms with Crippen LogP contribution >= 0.6 is 0 Å². The summed E-state index contributed by atoms with van der Waals surface area (Å²) in [5.41, 5.74) is 1.63. The molecule has 1 aromatic rings. The molecular formula is C11H13NO3. The lowest BCUT2D eigenvalue weighted by molar-refractivity contribution is -0.132. The Hall–Kier alpha value is -1.68. The average molecular weight is 207 g/mol. The van der Waals surface area contributed by atoms with E-state index in [9.17, 15) is 4.79 Å². The third-order valence-electron chi connectivity index (χ3n) is 2.23. The number of aryl methyl sites for hydroxylation is 1. The van der Waals surface area contributed by atoms with Crippen molar-refractivity contribution in [2.75, 3.05) is 7.11 Å². The fourth-order valence-corrected chi connectivity index (χ4v) is 1.36. The largest absolute Gasteiger partial charge is 0.464 e. The van der Waals surface area contributed by atoms with Crippen molar-refractivity contribution in [1.82, 2.24) is 0 Å². The number of hydrogen-bond donors (Lipinski definition) is 2. The topological polar surface area (TPSA) is 70.4 Å². The highest BCUT2D eigenvalue weighted by atomic mass is 16.5. The summed E-state index contributed by atoms with van der Waals surface area (Å²) in [7, 11) is 1.23. The summed E-state index contributed by atoms with van der Waals surface area (Å²) in [6.45, 7) is 1.63. The fraction of sp³-hybridized carbons (Fsp3) is 0.273. The molecule has 0 heterocycles. The van der Waals surface area contributed by atoms with Gasteiger partial charge in [-0.25, -0.2) is 4.79 Å². The Kier molecular flexibility index (Phi) is 3.57. The number of hydrogen-bond acceptors (Lipinski definition) is 4. The maximum atomic E-state index is 11.2. The first-order chi connectivity index (χ1) is 7.11. The SMILES string of the molecule is COC(=O)C(=N)c1cccc(C)c1CO. The summed E-state index contributed by atoms with van der Waals surface area (Å²) in [4.78, 5) is 11.2. The summed E-state index contributed by atoms with van der Waals surface area (Å²) in [6.07, 6.45) is 0. The highest BCUT2D eigenvalue weighted by Gasteiger charge is 2.16. The van der Waals surface area contributed by atoms with E-state index in [-0.39, 0.29) is 12.3 Å². The smallest absolute Gasteiger partial charge is 0.356 e. The van der Waals surface area contributed by atoms with E-state index in [0.29, 0.717) is 11.1 Å². The van der Waals surface area contributed by atoms with Crippen LogP contribution in [0.3, 0.4) is 0 Å². The molecule has 1 rings (SSSR count). The van der Waals surface area contributed by atoms with Gasteiger partial charge in [-0.15, -0.1) is 0 Å². The molecule has 0 fully saturated rings. The van der Waals surface area contributed by atoms with Crippen molar-refractivity contribution in [3.63, 3.8) is 0 Å². The first kappa shape index (κ1) is 11.4.